The van der Waals surface area contributed by atoms with Crippen LogP contribution in [-0.4, -0.2) is 24.6 Å². The summed E-state index contributed by atoms with van der Waals surface area (Å²) in [6.45, 7) is 11.5. The molecule has 0 saturated heterocycles. The van der Waals surface area contributed by atoms with Gasteiger partial charge in [-0.05, 0) is 17.8 Å². The Morgan fingerprint density at radius 2 is 1.96 bits per heavy atom. The number of nitrogens with zero attached hydrogens (tertiary/aromatic N) is 6. The van der Waals surface area contributed by atoms with E-state index in [9.17, 15) is 0 Å². The molecule has 3 rings (SSSR count). The van der Waals surface area contributed by atoms with Crippen LogP contribution < -0.4 is 18.9 Å². The van der Waals surface area contributed by atoms with Crippen molar-refractivity contribution >= 4 is 11.4 Å². The number of fused-ring (bicyclic) bond motifs is 1. The summed E-state index contributed by atoms with van der Waals surface area (Å²) in [5.74, 6) is 0.419. The molecule has 0 fully saturated rings. The van der Waals surface area contributed by atoms with Crippen molar-refractivity contribution in [2.75, 3.05) is 0 Å². The van der Waals surface area contributed by atoms with Crippen molar-refractivity contribution in [1.29, 1.82) is 5.26 Å². The third-order valence-corrected chi connectivity index (χ3v) is 3.10. The molecule has 0 bridgehead atoms. The van der Waals surface area contributed by atoms with Gasteiger partial charge in [-0.2, -0.15) is 20.2 Å². The van der Waals surface area contributed by atoms with E-state index in [1.165, 1.54) is 18.5 Å². The minimum absolute atomic E-state index is 0. The Bertz CT molecular complexity index is 966. The van der Waals surface area contributed by atoms with E-state index >= 15 is 0 Å². The van der Waals surface area contributed by atoms with Crippen LogP contribution in [0.1, 0.15) is 5.69 Å². The third kappa shape index (κ3) is 3.49. The van der Waals surface area contributed by atoms with E-state index in [1.807, 2.05) is 18.2 Å². The van der Waals surface area contributed by atoms with Gasteiger partial charge in [-0.25, -0.2) is 25.3 Å². The summed E-state index contributed by atoms with van der Waals surface area (Å²) in [5, 5.41) is 12.8. The van der Waals surface area contributed by atoms with E-state index in [0.717, 1.165) is 11.3 Å². The fourth-order valence-electron chi connectivity index (χ4n) is 1.99. The molecular formula is C17H10LiN6-. The van der Waals surface area contributed by atoms with Gasteiger partial charge < -0.3 is 0 Å². The van der Waals surface area contributed by atoms with Gasteiger partial charge in [0.1, 0.15) is 6.33 Å². The molecule has 0 unspecified atom stereocenters. The summed E-state index contributed by atoms with van der Waals surface area (Å²) in [6.07, 6.45) is 7.76. The van der Waals surface area contributed by atoms with Gasteiger partial charge in [0.2, 0.25) is 5.78 Å². The van der Waals surface area contributed by atoms with Crippen LogP contribution in [0.15, 0.2) is 54.6 Å². The normalized spacial score (nSPS) is 10.3. The molecular weight excluding hydrogens is 295 g/mol. The first kappa shape index (κ1) is 17.4. The van der Waals surface area contributed by atoms with Crippen molar-refractivity contribution in [1.82, 2.24) is 24.6 Å². The first-order chi connectivity index (χ1) is 11.2. The average molecular weight is 305 g/mol. The molecule has 7 heteroatoms. The fraction of sp³-hybridized carbons (Fsp3) is 0. The third-order valence-electron chi connectivity index (χ3n) is 3.10. The van der Waals surface area contributed by atoms with Crippen LogP contribution in [0, 0.1) is 24.5 Å². The maximum absolute atomic E-state index is 8.67. The SMILES string of the molecule is [CH-]=C(C#N)/C=C\C(=[CH-])c1cc(-c2ccncc2)n2ncnc2n1.[Li+]. The van der Waals surface area contributed by atoms with E-state index < -0.39 is 0 Å². The van der Waals surface area contributed by atoms with Crippen molar-refractivity contribution < 1.29 is 18.9 Å². The molecule has 0 radical (unpaired) electrons. The van der Waals surface area contributed by atoms with Crippen LogP contribution >= 0.6 is 0 Å². The van der Waals surface area contributed by atoms with E-state index in [1.54, 1.807) is 23.0 Å². The molecule has 0 amide bonds. The van der Waals surface area contributed by atoms with Crippen molar-refractivity contribution in [3.8, 4) is 17.3 Å². The van der Waals surface area contributed by atoms with Crippen LogP contribution in [0.3, 0.4) is 0 Å². The van der Waals surface area contributed by atoms with Gasteiger partial charge in [0.25, 0.3) is 0 Å². The molecule has 0 N–H and O–H groups in total. The molecule has 3 heterocycles. The Hall–Kier alpha value is -2.99. The minimum atomic E-state index is 0. The summed E-state index contributed by atoms with van der Waals surface area (Å²) in [7, 11) is 0. The Balaban J connectivity index is 0.00000208. The number of rotatable bonds is 4. The molecule has 0 saturated carbocycles. The maximum atomic E-state index is 8.67. The number of allylic oxidation sites excluding steroid dienone is 4. The Labute approximate surface area is 151 Å². The van der Waals surface area contributed by atoms with Gasteiger partial charge in [0.05, 0.1) is 5.69 Å². The number of nitriles is 1. The minimum Gasteiger partial charge on any atom is -0.285 e. The maximum Gasteiger partial charge on any atom is 1.00 e. The van der Waals surface area contributed by atoms with E-state index in [4.69, 9.17) is 18.4 Å². The van der Waals surface area contributed by atoms with Crippen LogP contribution in [0.25, 0.3) is 22.6 Å². The summed E-state index contributed by atoms with van der Waals surface area (Å²) < 4.78 is 1.62. The first-order valence-electron chi connectivity index (χ1n) is 6.63. The zero-order chi connectivity index (χ0) is 16.2. The molecule has 3 aromatic heterocycles. The van der Waals surface area contributed by atoms with E-state index in [2.05, 4.69) is 20.1 Å². The molecule has 0 aliphatic heterocycles. The monoisotopic (exact) mass is 305 g/mol. The van der Waals surface area contributed by atoms with Gasteiger partial charge >= 0.3 is 18.9 Å². The van der Waals surface area contributed by atoms with E-state index in [0.29, 0.717) is 17.0 Å². The topological polar surface area (TPSA) is 79.8 Å². The predicted octanol–water partition coefficient (Wildman–Crippen LogP) is -0.554. The van der Waals surface area contributed by atoms with Crippen molar-refractivity contribution in [2.24, 2.45) is 0 Å². The molecule has 6 nitrogen and oxygen atoms in total. The van der Waals surface area contributed by atoms with Gasteiger partial charge in [-0.1, -0.05) is 12.1 Å². The summed E-state index contributed by atoms with van der Waals surface area (Å²) in [4.78, 5) is 12.5. The number of aromatic nitrogens is 5. The summed E-state index contributed by atoms with van der Waals surface area (Å²) >= 11 is 0. The van der Waals surface area contributed by atoms with Gasteiger partial charge in [-0.3, -0.25) is 15.2 Å². The van der Waals surface area contributed by atoms with Crippen molar-refractivity contribution in [3.05, 3.63) is 73.5 Å². The van der Waals surface area contributed by atoms with Crippen LogP contribution in [0.5, 0.6) is 0 Å². The second-order valence-electron chi connectivity index (χ2n) is 4.59. The number of hydrogen-bond donors (Lipinski definition) is 0. The predicted molar refractivity (Wildman–Crippen MR) is 84.3 cm³/mol. The molecule has 0 aromatic carbocycles. The second kappa shape index (κ2) is 7.52. The number of pyridine rings is 1. The second-order valence-corrected chi connectivity index (χ2v) is 4.59. The molecule has 3 aromatic rings. The molecule has 0 atom stereocenters. The largest absolute Gasteiger partial charge is 1.00 e. The fourth-order valence-corrected chi connectivity index (χ4v) is 1.99. The van der Waals surface area contributed by atoms with Crippen LogP contribution in [-0.2, 0) is 0 Å². The molecule has 110 valence electrons. The molecule has 0 aliphatic rings. The molecule has 0 spiro atoms. The van der Waals surface area contributed by atoms with Gasteiger partial charge in [0.15, 0.2) is 0 Å². The standard InChI is InChI=1S/C17H10N6.Li/c1-12(10-18)3-4-13(2)15-9-16(14-5-7-19-8-6-14)23-17(22-15)20-11-21-23;/h1-9,11H;/q-2;+1/b4-3-;. The van der Waals surface area contributed by atoms with Crippen molar-refractivity contribution in [2.45, 2.75) is 0 Å². The summed E-state index contributed by atoms with van der Waals surface area (Å²) in [6, 6.07) is 7.32. The zero-order valence-electron chi connectivity index (χ0n) is 13.0. The molecule has 0 aliphatic carbocycles. The summed E-state index contributed by atoms with van der Waals surface area (Å²) in [5.41, 5.74) is 2.62. The smallest absolute Gasteiger partial charge is 0.285 e. The van der Waals surface area contributed by atoms with Gasteiger partial charge in [-0.15, -0.1) is 5.57 Å². The van der Waals surface area contributed by atoms with E-state index in [-0.39, 0.29) is 24.4 Å². The Kier molecular flexibility index (Phi) is 5.44. The Morgan fingerprint density at radius 3 is 2.67 bits per heavy atom. The van der Waals surface area contributed by atoms with Gasteiger partial charge in [0, 0.05) is 18.0 Å². The number of hydrogen-bond acceptors (Lipinski definition) is 5. The zero-order valence-corrected chi connectivity index (χ0v) is 13.0. The molecule has 24 heavy (non-hydrogen) atoms. The van der Waals surface area contributed by atoms with Crippen molar-refractivity contribution in [3.63, 3.8) is 0 Å². The Morgan fingerprint density at radius 1 is 1.21 bits per heavy atom. The quantitative estimate of drug-likeness (QED) is 0.279. The average Bonchev–Trinajstić information content (AvgIpc) is 3.07. The van der Waals surface area contributed by atoms with Crippen LogP contribution in [0.4, 0.5) is 0 Å². The first-order valence-corrected chi connectivity index (χ1v) is 6.63. The van der Waals surface area contributed by atoms with Crippen LogP contribution in [0.2, 0.25) is 0 Å².